The van der Waals surface area contributed by atoms with E-state index in [0.29, 0.717) is 0 Å². The molecule has 0 saturated carbocycles. The number of fused-ring (bicyclic) bond motifs is 1. The minimum absolute atomic E-state index is 0.726. The van der Waals surface area contributed by atoms with Crippen molar-refractivity contribution in [1.82, 2.24) is 14.6 Å². The van der Waals surface area contributed by atoms with Gasteiger partial charge in [0.15, 0.2) is 11.5 Å². The molecule has 0 amide bonds. The van der Waals surface area contributed by atoms with Crippen LogP contribution in [0.4, 0.5) is 0 Å². The zero-order valence-corrected chi connectivity index (χ0v) is 11.8. The third-order valence-electron chi connectivity index (χ3n) is 2.42. The van der Waals surface area contributed by atoms with Crippen molar-refractivity contribution in [3.8, 4) is 11.4 Å². The average Bonchev–Trinajstić information content (AvgIpc) is 2.75. The quantitative estimate of drug-likeness (QED) is 0.664. The van der Waals surface area contributed by atoms with E-state index in [1.165, 1.54) is 0 Å². The number of aromatic nitrogens is 3. The Labute approximate surface area is 115 Å². The van der Waals surface area contributed by atoms with E-state index >= 15 is 0 Å². The van der Waals surface area contributed by atoms with E-state index in [-0.39, 0.29) is 0 Å². The van der Waals surface area contributed by atoms with Crippen molar-refractivity contribution in [1.29, 1.82) is 0 Å². The zero-order valence-electron chi connectivity index (χ0n) is 8.64. The van der Waals surface area contributed by atoms with Gasteiger partial charge in [-0.25, -0.2) is 9.50 Å². The maximum Gasteiger partial charge on any atom is 0.182 e. The van der Waals surface area contributed by atoms with E-state index in [9.17, 15) is 0 Å². The molecule has 0 aliphatic carbocycles. The summed E-state index contributed by atoms with van der Waals surface area (Å²) in [5, 5.41) is 4.43. The monoisotopic (exact) mass is 351 g/mol. The number of pyridine rings is 1. The van der Waals surface area contributed by atoms with Crippen molar-refractivity contribution in [2.75, 3.05) is 0 Å². The topological polar surface area (TPSA) is 30.2 Å². The van der Waals surface area contributed by atoms with Crippen molar-refractivity contribution in [2.45, 2.75) is 0 Å². The van der Waals surface area contributed by atoms with Crippen LogP contribution in [0.1, 0.15) is 0 Å². The molecule has 0 unspecified atom stereocenters. The summed E-state index contributed by atoms with van der Waals surface area (Å²) < 4.78 is 3.75. The van der Waals surface area contributed by atoms with E-state index in [0.717, 1.165) is 26.0 Å². The Balaban J connectivity index is 2.18. The van der Waals surface area contributed by atoms with Gasteiger partial charge in [0.2, 0.25) is 0 Å². The minimum Gasteiger partial charge on any atom is -0.219 e. The second kappa shape index (κ2) is 4.23. The van der Waals surface area contributed by atoms with Crippen LogP contribution in [-0.4, -0.2) is 14.6 Å². The van der Waals surface area contributed by atoms with Crippen LogP contribution in [0.15, 0.2) is 51.5 Å². The van der Waals surface area contributed by atoms with Gasteiger partial charge >= 0.3 is 0 Å². The molecule has 0 aliphatic heterocycles. The summed E-state index contributed by atoms with van der Waals surface area (Å²) >= 11 is 6.87. The lowest BCUT2D eigenvalue weighted by molar-refractivity contribution is 0.963. The lowest BCUT2D eigenvalue weighted by atomic mass is 10.2. The Kier molecular flexibility index (Phi) is 2.72. The molecule has 1 aromatic carbocycles. The Hall–Kier alpha value is -1.20. The van der Waals surface area contributed by atoms with Gasteiger partial charge < -0.3 is 0 Å². The van der Waals surface area contributed by atoms with Crippen molar-refractivity contribution in [3.05, 3.63) is 51.5 Å². The van der Waals surface area contributed by atoms with E-state index in [1.807, 2.05) is 42.6 Å². The van der Waals surface area contributed by atoms with Gasteiger partial charge in [-0.05, 0) is 40.2 Å². The van der Waals surface area contributed by atoms with Crippen LogP contribution in [0.2, 0.25) is 0 Å². The Morgan fingerprint density at radius 2 is 1.76 bits per heavy atom. The maximum atomic E-state index is 4.50. The number of hydrogen-bond acceptors (Lipinski definition) is 2. The predicted molar refractivity (Wildman–Crippen MR) is 73.8 cm³/mol. The molecule has 0 radical (unpaired) electrons. The Morgan fingerprint density at radius 3 is 2.47 bits per heavy atom. The van der Waals surface area contributed by atoms with Crippen molar-refractivity contribution >= 4 is 37.5 Å². The first-order chi connectivity index (χ1) is 8.24. The molecule has 0 saturated heterocycles. The highest BCUT2D eigenvalue weighted by molar-refractivity contribution is 9.10. The lowest BCUT2D eigenvalue weighted by Crippen LogP contribution is -1.86. The molecule has 0 atom stereocenters. The van der Waals surface area contributed by atoms with Crippen LogP contribution < -0.4 is 0 Å². The fourth-order valence-corrected chi connectivity index (χ4v) is 2.28. The summed E-state index contributed by atoms with van der Waals surface area (Å²) in [5.41, 5.74) is 1.83. The molecular weight excluding hydrogens is 346 g/mol. The van der Waals surface area contributed by atoms with E-state index in [1.54, 1.807) is 4.52 Å². The maximum absolute atomic E-state index is 4.50. The van der Waals surface area contributed by atoms with E-state index < -0.39 is 0 Å². The number of benzene rings is 1. The van der Waals surface area contributed by atoms with Crippen molar-refractivity contribution in [2.24, 2.45) is 0 Å². The molecule has 3 aromatic rings. The van der Waals surface area contributed by atoms with Gasteiger partial charge in [0.1, 0.15) is 0 Å². The van der Waals surface area contributed by atoms with Gasteiger partial charge in [0.05, 0.1) is 4.47 Å². The van der Waals surface area contributed by atoms with E-state index in [2.05, 4.69) is 41.9 Å². The summed E-state index contributed by atoms with van der Waals surface area (Å²) in [6, 6.07) is 11.8. The van der Waals surface area contributed by atoms with Crippen LogP contribution in [0, 0.1) is 0 Å². The Morgan fingerprint density at radius 1 is 1.00 bits per heavy atom. The number of halogens is 2. The summed E-state index contributed by atoms with van der Waals surface area (Å²) in [7, 11) is 0. The zero-order chi connectivity index (χ0) is 11.8. The molecule has 0 N–H and O–H groups in total. The average molecular weight is 353 g/mol. The third-order valence-corrected chi connectivity index (χ3v) is 3.56. The van der Waals surface area contributed by atoms with Gasteiger partial charge in [-0.15, -0.1) is 5.10 Å². The van der Waals surface area contributed by atoms with Crippen molar-refractivity contribution < 1.29 is 0 Å². The van der Waals surface area contributed by atoms with E-state index in [4.69, 9.17) is 0 Å². The summed E-state index contributed by atoms with van der Waals surface area (Å²) in [5.74, 6) is 0.726. The highest BCUT2D eigenvalue weighted by Crippen LogP contribution is 2.22. The smallest absolute Gasteiger partial charge is 0.182 e. The van der Waals surface area contributed by atoms with Gasteiger partial charge in [-0.1, -0.05) is 28.1 Å². The molecule has 0 fully saturated rings. The molecule has 5 heteroatoms. The summed E-state index contributed by atoms with van der Waals surface area (Å²) in [4.78, 5) is 4.50. The summed E-state index contributed by atoms with van der Waals surface area (Å²) in [6.07, 6.45) is 1.88. The fourth-order valence-electron chi connectivity index (χ4n) is 1.59. The molecule has 2 aromatic heterocycles. The van der Waals surface area contributed by atoms with Gasteiger partial charge in [-0.2, -0.15) is 0 Å². The minimum atomic E-state index is 0.726. The molecule has 0 bridgehead atoms. The van der Waals surface area contributed by atoms with Gasteiger partial charge in [0.25, 0.3) is 0 Å². The third kappa shape index (κ3) is 2.00. The standard InChI is InChI=1S/C12H7Br2N3/c13-9-5-3-8(4-6-9)11-15-12-10(14)2-1-7-17(12)16-11/h1-7H. The first-order valence-corrected chi connectivity index (χ1v) is 6.59. The predicted octanol–water partition coefficient (Wildman–Crippen LogP) is 3.92. The Bertz CT molecular complexity index is 674. The van der Waals surface area contributed by atoms with Gasteiger partial charge in [0, 0.05) is 16.2 Å². The lowest BCUT2D eigenvalue weighted by Gasteiger charge is -1.93. The normalized spacial score (nSPS) is 10.9. The van der Waals surface area contributed by atoms with Crippen LogP contribution in [0.3, 0.4) is 0 Å². The first kappa shape index (κ1) is 10.9. The number of rotatable bonds is 1. The summed E-state index contributed by atoms with van der Waals surface area (Å²) in [6.45, 7) is 0. The molecule has 0 spiro atoms. The second-order valence-corrected chi connectivity index (χ2v) is 5.34. The van der Waals surface area contributed by atoms with Crippen LogP contribution in [0.5, 0.6) is 0 Å². The molecular formula is C12H7Br2N3. The first-order valence-electron chi connectivity index (χ1n) is 5.01. The van der Waals surface area contributed by atoms with Crippen molar-refractivity contribution in [3.63, 3.8) is 0 Å². The SMILES string of the molecule is Brc1ccc(-c2nc3c(Br)cccn3n2)cc1. The molecule has 2 heterocycles. The fraction of sp³-hybridized carbons (Fsp3) is 0. The number of hydrogen-bond donors (Lipinski definition) is 0. The molecule has 3 rings (SSSR count). The second-order valence-electron chi connectivity index (χ2n) is 3.57. The molecule has 17 heavy (non-hydrogen) atoms. The number of nitrogens with zero attached hydrogens (tertiary/aromatic N) is 3. The van der Waals surface area contributed by atoms with Gasteiger partial charge in [-0.3, -0.25) is 0 Å². The molecule has 0 aliphatic rings. The van der Waals surface area contributed by atoms with Crippen LogP contribution in [0.25, 0.3) is 17.0 Å². The highest BCUT2D eigenvalue weighted by Gasteiger charge is 2.07. The van der Waals surface area contributed by atoms with Crippen LogP contribution in [-0.2, 0) is 0 Å². The molecule has 3 nitrogen and oxygen atoms in total. The largest absolute Gasteiger partial charge is 0.219 e. The highest BCUT2D eigenvalue weighted by atomic mass is 79.9. The molecule has 84 valence electrons. The van der Waals surface area contributed by atoms with Crippen LogP contribution >= 0.6 is 31.9 Å².